The number of nitrogens with one attached hydrogen (secondary N) is 1. The van der Waals surface area contributed by atoms with Gasteiger partial charge in [-0.3, -0.25) is 0 Å². The van der Waals surface area contributed by atoms with E-state index in [0.29, 0.717) is 25.5 Å². The van der Waals surface area contributed by atoms with E-state index in [1.807, 2.05) is 19.1 Å². The van der Waals surface area contributed by atoms with Crippen molar-refractivity contribution in [3.63, 3.8) is 0 Å². The number of hydrogen-bond donors (Lipinski definition) is 1. The number of ether oxygens (including phenoxy) is 3. The van der Waals surface area contributed by atoms with Crippen LogP contribution >= 0.6 is 0 Å². The lowest BCUT2D eigenvalue weighted by Gasteiger charge is -2.14. The lowest BCUT2D eigenvalue weighted by Crippen LogP contribution is -2.26. The summed E-state index contributed by atoms with van der Waals surface area (Å²) in [6.07, 6.45) is -0.918. The molecule has 0 unspecified atom stereocenters. The van der Waals surface area contributed by atoms with Crippen LogP contribution in [0, 0.1) is 0 Å². The van der Waals surface area contributed by atoms with Gasteiger partial charge in [0, 0.05) is 6.54 Å². The third-order valence-corrected chi connectivity index (χ3v) is 2.32. The molecule has 0 spiro atoms. The number of amides is 1. The van der Waals surface area contributed by atoms with Crippen LogP contribution in [0.5, 0.6) is 5.75 Å². The molecule has 1 heterocycles. The smallest absolute Gasteiger partial charge is 0.410 e. The fourth-order valence-corrected chi connectivity index (χ4v) is 1.59. The van der Waals surface area contributed by atoms with Crippen molar-refractivity contribution in [1.82, 2.24) is 5.32 Å². The summed E-state index contributed by atoms with van der Waals surface area (Å²) in [5, 5.41) is 2.57. The largest absolute Gasteiger partial charge is 0.412 e. The molecule has 1 N–H and O–H groups in total. The Balaban J connectivity index is 2.12. The minimum absolute atomic E-state index is 0.444. The standard InChI is InChI=1S/C12H15NO4/c1-2-13-12(14)17-10-6-4-3-5-9(10)11-15-7-8-16-11/h3-6,11H,2,7-8H2,1H3,(H,13,14). The Hall–Kier alpha value is -1.59. The van der Waals surface area contributed by atoms with Crippen LogP contribution in [0.15, 0.2) is 24.3 Å². The molecule has 1 aliphatic rings. The number of rotatable bonds is 3. The molecule has 17 heavy (non-hydrogen) atoms. The molecule has 1 fully saturated rings. The molecular formula is C12H15NO4. The van der Waals surface area contributed by atoms with Crippen molar-refractivity contribution in [1.29, 1.82) is 0 Å². The van der Waals surface area contributed by atoms with Gasteiger partial charge in [0.15, 0.2) is 6.29 Å². The molecule has 1 saturated heterocycles. The summed E-state index contributed by atoms with van der Waals surface area (Å²) in [6, 6.07) is 7.19. The molecule has 1 aromatic carbocycles. The van der Waals surface area contributed by atoms with Gasteiger partial charge in [0.05, 0.1) is 18.8 Å². The highest BCUT2D eigenvalue weighted by Crippen LogP contribution is 2.30. The van der Waals surface area contributed by atoms with Crippen molar-refractivity contribution < 1.29 is 19.0 Å². The van der Waals surface area contributed by atoms with Crippen LogP contribution in [-0.2, 0) is 9.47 Å². The van der Waals surface area contributed by atoms with E-state index in [1.165, 1.54) is 0 Å². The van der Waals surface area contributed by atoms with Gasteiger partial charge < -0.3 is 19.5 Å². The van der Waals surface area contributed by atoms with E-state index < -0.39 is 12.4 Å². The molecule has 5 heteroatoms. The normalized spacial score (nSPS) is 15.8. The van der Waals surface area contributed by atoms with Gasteiger partial charge in [0.25, 0.3) is 0 Å². The van der Waals surface area contributed by atoms with Gasteiger partial charge in [0.1, 0.15) is 5.75 Å². The van der Waals surface area contributed by atoms with Crippen molar-refractivity contribution >= 4 is 6.09 Å². The number of hydrogen-bond acceptors (Lipinski definition) is 4. The predicted molar refractivity (Wildman–Crippen MR) is 60.8 cm³/mol. The summed E-state index contributed by atoms with van der Waals surface area (Å²) in [6.45, 7) is 3.47. The second-order valence-electron chi connectivity index (χ2n) is 3.53. The molecule has 1 amide bonds. The molecule has 0 bridgehead atoms. The van der Waals surface area contributed by atoms with Crippen LogP contribution in [0.4, 0.5) is 4.79 Å². The number of carbonyl (C=O) groups is 1. The first kappa shape index (κ1) is 11.9. The maximum Gasteiger partial charge on any atom is 0.412 e. The second-order valence-corrected chi connectivity index (χ2v) is 3.53. The summed E-state index contributed by atoms with van der Waals surface area (Å²) in [4.78, 5) is 11.4. The first-order valence-corrected chi connectivity index (χ1v) is 5.59. The Morgan fingerprint density at radius 3 is 2.82 bits per heavy atom. The molecular weight excluding hydrogens is 222 g/mol. The lowest BCUT2D eigenvalue weighted by atomic mass is 10.2. The molecule has 0 atom stereocenters. The summed E-state index contributed by atoms with van der Waals surface area (Å²) in [5.41, 5.74) is 0.733. The Morgan fingerprint density at radius 2 is 2.12 bits per heavy atom. The van der Waals surface area contributed by atoms with Crippen molar-refractivity contribution in [2.24, 2.45) is 0 Å². The molecule has 5 nitrogen and oxygen atoms in total. The highest BCUT2D eigenvalue weighted by Gasteiger charge is 2.22. The summed E-state index contributed by atoms with van der Waals surface area (Å²) >= 11 is 0. The zero-order valence-corrected chi connectivity index (χ0v) is 9.64. The van der Waals surface area contributed by atoms with Gasteiger partial charge in [-0.1, -0.05) is 18.2 Å². The minimum atomic E-state index is -0.474. The zero-order valence-electron chi connectivity index (χ0n) is 9.64. The van der Waals surface area contributed by atoms with Crippen LogP contribution in [0.2, 0.25) is 0 Å². The molecule has 1 aliphatic heterocycles. The topological polar surface area (TPSA) is 56.8 Å². The number of carbonyl (C=O) groups excluding carboxylic acids is 1. The van der Waals surface area contributed by atoms with E-state index in [2.05, 4.69) is 5.32 Å². The molecule has 1 aromatic rings. The van der Waals surface area contributed by atoms with Gasteiger partial charge >= 0.3 is 6.09 Å². The molecule has 0 radical (unpaired) electrons. The van der Waals surface area contributed by atoms with Gasteiger partial charge in [-0.25, -0.2) is 4.79 Å². The maximum absolute atomic E-state index is 11.4. The van der Waals surface area contributed by atoms with E-state index in [9.17, 15) is 4.79 Å². The quantitative estimate of drug-likeness (QED) is 0.871. The van der Waals surface area contributed by atoms with Crippen molar-refractivity contribution in [2.75, 3.05) is 19.8 Å². The average Bonchev–Trinajstić information content (AvgIpc) is 2.83. The maximum atomic E-state index is 11.4. The van der Waals surface area contributed by atoms with E-state index in [0.717, 1.165) is 5.56 Å². The SMILES string of the molecule is CCNC(=O)Oc1ccccc1C1OCCO1. The first-order chi connectivity index (χ1) is 8.31. The van der Waals surface area contributed by atoms with Gasteiger partial charge in [-0.2, -0.15) is 0 Å². The Labute approximate surface area is 99.7 Å². The average molecular weight is 237 g/mol. The van der Waals surface area contributed by atoms with Crippen LogP contribution in [-0.4, -0.2) is 25.9 Å². The van der Waals surface area contributed by atoms with E-state index in [-0.39, 0.29) is 0 Å². The molecule has 0 aromatic heterocycles. The van der Waals surface area contributed by atoms with Gasteiger partial charge in [0.2, 0.25) is 0 Å². The van der Waals surface area contributed by atoms with Crippen LogP contribution in [0.25, 0.3) is 0 Å². The zero-order chi connectivity index (χ0) is 12.1. The third-order valence-electron chi connectivity index (χ3n) is 2.32. The second kappa shape index (κ2) is 5.65. The van der Waals surface area contributed by atoms with Gasteiger partial charge in [-0.15, -0.1) is 0 Å². The third kappa shape index (κ3) is 2.95. The Kier molecular flexibility index (Phi) is 3.95. The number of para-hydroxylation sites is 1. The fourth-order valence-electron chi connectivity index (χ4n) is 1.59. The molecule has 0 saturated carbocycles. The molecule has 92 valence electrons. The van der Waals surface area contributed by atoms with Crippen LogP contribution in [0.1, 0.15) is 18.8 Å². The summed E-state index contributed by atoms with van der Waals surface area (Å²) in [5.74, 6) is 0.463. The number of benzene rings is 1. The van der Waals surface area contributed by atoms with E-state index in [4.69, 9.17) is 14.2 Å². The predicted octanol–water partition coefficient (Wildman–Crippen LogP) is 1.84. The summed E-state index contributed by atoms with van der Waals surface area (Å²) < 4.78 is 16.0. The minimum Gasteiger partial charge on any atom is -0.410 e. The molecule has 2 rings (SSSR count). The van der Waals surface area contributed by atoms with E-state index >= 15 is 0 Å². The highest BCUT2D eigenvalue weighted by molar-refractivity contribution is 5.70. The van der Waals surface area contributed by atoms with Crippen molar-refractivity contribution in [3.8, 4) is 5.75 Å². The first-order valence-electron chi connectivity index (χ1n) is 5.59. The Bertz CT molecular complexity index is 388. The monoisotopic (exact) mass is 237 g/mol. The fraction of sp³-hybridized carbons (Fsp3) is 0.417. The van der Waals surface area contributed by atoms with Crippen LogP contribution < -0.4 is 10.1 Å². The van der Waals surface area contributed by atoms with E-state index in [1.54, 1.807) is 12.1 Å². The lowest BCUT2D eigenvalue weighted by molar-refractivity contribution is -0.0452. The van der Waals surface area contributed by atoms with Crippen molar-refractivity contribution in [2.45, 2.75) is 13.2 Å². The van der Waals surface area contributed by atoms with Crippen molar-refractivity contribution in [3.05, 3.63) is 29.8 Å². The molecule has 0 aliphatic carbocycles. The highest BCUT2D eigenvalue weighted by atomic mass is 16.7. The summed E-state index contributed by atoms with van der Waals surface area (Å²) in [7, 11) is 0. The Morgan fingerprint density at radius 1 is 1.41 bits per heavy atom. The van der Waals surface area contributed by atoms with Gasteiger partial charge in [-0.05, 0) is 13.0 Å². The van der Waals surface area contributed by atoms with Crippen LogP contribution in [0.3, 0.4) is 0 Å².